The normalized spacial score (nSPS) is 10.5. The summed E-state index contributed by atoms with van der Waals surface area (Å²) < 4.78 is 5.74. The summed E-state index contributed by atoms with van der Waals surface area (Å²) in [5.74, 6) is 1.49. The summed E-state index contributed by atoms with van der Waals surface area (Å²) in [6.45, 7) is 6.95. The molecule has 1 rings (SSSR count). The van der Waals surface area contributed by atoms with Crippen LogP contribution in [0.15, 0.2) is 18.2 Å². The summed E-state index contributed by atoms with van der Waals surface area (Å²) in [5.41, 5.74) is 2.42. The predicted molar refractivity (Wildman–Crippen MR) is 74.1 cm³/mol. The zero-order valence-electron chi connectivity index (χ0n) is 11.7. The molecule has 100 valence electrons. The van der Waals surface area contributed by atoms with Crippen LogP contribution in [-0.2, 0) is 4.79 Å². The average molecular weight is 249 g/mol. The van der Waals surface area contributed by atoms with Gasteiger partial charge in [0.25, 0.3) is 0 Å². The quantitative estimate of drug-likeness (QED) is 0.787. The van der Waals surface area contributed by atoms with Crippen molar-refractivity contribution in [1.29, 1.82) is 0 Å². The van der Waals surface area contributed by atoms with E-state index in [-0.39, 0.29) is 5.91 Å². The van der Waals surface area contributed by atoms with E-state index in [0.717, 1.165) is 17.7 Å². The van der Waals surface area contributed by atoms with Gasteiger partial charge in [-0.15, -0.1) is 0 Å². The summed E-state index contributed by atoms with van der Waals surface area (Å²) in [6.07, 6.45) is 1.25. The van der Waals surface area contributed by atoms with Crippen molar-refractivity contribution in [3.63, 3.8) is 0 Å². The molecule has 0 atom stereocenters. The molecule has 0 aliphatic heterocycles. The molecule has 1 amide bonds. The summed E-state index contributed by atoms with van der Waals surface area (Å²) in [5, 5.41) is 2.60. The second-order valence-corrected chi connectivity index (χ2v) is 4.80. The van der Waals surface area contributed by atoms with E-state index in [9.17, 15) is 4.79 Å². The third-order valence-corrected chi connectivity index (χ3v) is 2.96. The molecule has 3 heteroatoms. The van der Waals surface area contributed by atoms with Crippen molar-refractivity contribution in [1.82, 2.24) is 5.32 Å². The van der Waals surface area contributed by atoms with Crippen LogP contribution in [0.2, 0.25) is 0 Å². The number of hydrogen-bond acceptors (Lipinski definition) is 2. The summed E-state index contributed by atoms with van der Waals surface area (Å²) >= 11 is 0. The van der Waals surface area contributed by atoms with Crippen LogP contribution in [0.3, 0.4) is 0 Å². The van der Waals surface area contributed by atoms with Gasteiger partial charge in [0.2, 0.25) is 5.91 Å². The van der Waals surface area contributed by atoms with E-state index in [2.05, 4.69) is 37.4 Å². The van der Waals surface area contributed by atoms with Crippen LogP contribution in [0.4, 0.5) is 0 Å². The lowest BCUT2D eigenvalue weighted by Gasteiger charge is -2.12. The Hall–Kier alpha value is -1.51. The molecule has 0 aliphatic rings. The fourth-order valence-electron chi connectivity index (χ4n) is 1.67. The van der Waals surface area contributed by atoms with E-state index in [0.29, 0.717) is 18.9 Å². The number of benzene rings is 1. The monoisotopic (exact) mass is 249 g/mol. The molecule has 0 fully saturated rings. The molecule has 0 aromatic heterocycles. The smallest absolute Gasteiger partial charge is 0.219 e. The van der Waals surface area contributed by atoms with Crippen LogP contribution in [0.1, 0.15) is 43.7 Å². The van der Waals surface area contributed by atoms with Crippen LogP contribution in [0.25, 0.3) is 0 Å². The summed E-state index contributed by atoms with van der Waals surface area (Å²) in [6, 6.07) is 6.32. The number of amides is 1. The van der Waals surface area contributed by atoms with Crippen molar-refractivity contribution in [2.45, 2.75) is 39.5 Å². The number of aryl methyl sites for hydroxylation is 1. The Balaban J connectivity index is 2.51. The number of nitrogens with one attached hydrogen (secondary N) is 1. The van der Waals surface area contributed by atoms with Gasteiger partial charge in [-0.2, -0.15) is 0 Å². The fourth-order valence-corrected chi connectivity index (χ4v) is 1.67. The fraction of sp³-hybridized carbons (Fsp3) is 0.533. The standard InChI is InChI=1S/C15H23NO2/c1-11(2)13-8-7-12(3)14(10-13)18-9-5-6-15(17)16-4/h7-8,10-11H,5-6,9H2,1-4H3,(H,16,17). The van der Waals surface area contributed by atoms with Crippen LogP contribution in [0, 0.1) is 6.92 Å². The maximum Gasteiger partial charge on any atom is 0.219 e. The van der Waals surface area contributed by atoms with Crippen molar-refractivity contribution in [2.75, 3.05) is 13.7 Å². The second-order valence-electron chi connectivity index (χ2n) is 4.80. The van der Waals surface area contributed by atoms with E-state index in [1.54, 1.807) is 7.05 Å². The number of hydrogen-bond donors (Lipinski definition) is 1. The van der Waals surface area contributed by atoms with Gasteiger partial charge in [0.15, 0.2) is 0 Å². The van der Waals surface area contributed by atoms with Gasteiger partial charge in [0.1, 0.15) is 5.75 Å². The van der Waals surface area contributed by atoms with Gasteiger partial charge in [-0.1, -0.05) is 26.0 Å². The van der Waals surface area contributed by atoms with Gasteiger partial charge in [-0.3, -0.25) is 4.79 Å². The minimum absolute atomic E-state index is 0.0613. The molecule has 0 saturated carbocycles. The Morgan fingerprint density at radius 2 is 2.11 bits per heavy atom. The number of carbonyl (C=O) groups excluding carboxylic acids is 1. The van der Waals surface area contributed by atoms with Gasteiger partial charge in [-0.25, -0.2) is 0 Å². The highest BCUT2D eigenvalue weighted by atomic mass is 16.5. The zero-order chi connectivity index (χ0) is 13.5. The van der Waals surface area contributed by atoms with Crippen molar-refractivity contribution >= 4 is 5.91 Å². The highest BCUT2D eigenvalue weighted by Crippen LogP contribution is 2.24. The summed E-state index contributed by atoms with van der Waals surface area (Å²) in [4.78, 5) is 11.1. The highest BCUT2D eigenvalue weighted by molar-refractivity contribution is 5.75. The molecular formula is C15H23NO2. The molecule has 0 spiro atoms. The van der Waals surface area contributed by atoms with E-state index in [4.69, 9.17) is 4.74 Å². The Bertz CT molecular complexity index is 399. The molecule has 0 unspecified atom stereocenters. The first-order valence-corrected chi connectivity index (χ1v) is 6.48. The van der Waals surface area contributed by atoms with Gasteiger partial charge < -0.3 is 10.1 Å². The largest absolute Gasteiger partial charge is 0.493 e. The van der Waals surface area contributed by atoms with E-state index in [1.165, 1.54) is 5.56 Å². The molecule has 1 aromatic rings. The van der Waals surface area contributed by atoms with Crippen LogP contribution >= 0.6 is 0 Å². The van der Waals surface area contributed by atoms with Crippen molar-refractivity contribution < 1.29 is 9.53 Å². The molecule has 0 heterocycles. The molecular weight excluding hydrogens is 226 g/mol. The molecule has 0 bridgehead atoms. The molecule has 18 heavy (non-hydrogen) atoms. The lowest BCUT2D eigenvalue weighted by Crippen LogP contribution is -2.18. The Labute approximate surface area is 110 Å². The van der Waals surface area contributed by atoms with Gasteiger partial charge in [-0.05, 0) is 36.5 Å². The van der Waals surface area contributed by atoms with Crippen LogP contribution in [0.5, 0.6) is 5.75 Å². The van der Waals surface area contributed by atoms with Crippen molar-refractivity contribution in [3.05, 3.63) is 29.3 Å². The van der Waals surface area contributed by atoms with E-state index in [1.807, 2.05) is 6.92 Å². The minimum atomic E-state index is 0.0613. The van der Waals surface area contributed by atoms with Crippen molar-refractivity contribution in [3.8, 4) is 5.75 Å². The molecule has 0 saturated heterocycles. The number of rotatable bonds is 6. The van der Waals surface area contributed by atoms with Gasteiger partial charge in [0.05, 0.1) is 6.61 Å². The number of ether oxygens (including phenoxy) is 1. The highest BCUT2D eigenvalue weighted by Gasteiger charge is 2.05. The Morgan fingerprint density at radius 3 is 2.72 bits per heavy atom. The molecule has 1 aromatic carbocycles. The first kappa shape index (κ1) is 14.6. The lowest BCUT2D eigenvalue weighted by atomic mass is 10.0. The van der Waals surface area contributed by atoms with E-state index >= 15 is 0 Å². The van der Waals surface area contributed by atoms with Crippen LogP contribution < -0.4 is 10.1 Å². The predicted octanol–water partition coefficient (Wildman–Crippen LogP) is 3.02. The topological polar surface area (TPSA) is 38.3 Å². The molecule has 0 radical (unpaired) electrons. The number of carbonyl (C=O) groups is 1. The zero-order valence-corrected chi connectivity index (χ0v) is 11.7. The maximum absolute atomic E-state index is 11.1. The van der Waals surface area contributed by atoms with Gasteiger partial charge in [0, 0.05) is 13.5 Å². The molecule has 0 aliphatic carbocycles. The average Bonchev–Trinajstić information content (AvgIpc) is 2.35. The Morgan fingerprint density at radius 1 is 1.39 bits per heavy atom. The third kappa shape index (κ3) is 4.40. The second kappa shape index (κ2) is 7.04. The first-order chi connectivity index (χ1) is 8.54. The van der Waals surface area contributed by atoms with Crippen LogP contribution in [-0.4, -0.2) is 19.6 Å². The van der Waals surface area contributed by atoms with Gasteiger partial charge >= 0.3 is 0 Å². The van der Waals surface area contributed by atoms with Crippen molar-refractivity contribution in [2.24, 2.45) is 0 Å². The lowest BCUT2D eigenvalue weighted by molar-refractivity contribution is -0.120. The SMILES string of the molecule is CNC(=O)CCCOc1cc(C(C)C)ccc1C. The third-order valence-electron chi connectivity index (χ3n) is 2.96. The molecule has 3 nitrogen and oxygen atoms in total. The van der Waals surface area contributed by atoms with E-state index < -0.39 is 0 Å². The molecule has 1 N–H and O–H groups in total. The Kier molecular flexibility index (Phi) is 5.69. The minimum Gasteiger partial charge on any atom is -0.493 e. The first-order valence-electron chi connectivity index (χ1n) is 6.48. The maximum atomic E-state index is 11.1. The summed E-state index contributed by atoms with van der Waals surface area (Å²) in [7, 11) is 1.65.